The van der Waals surface area contributed by atoms with Gasteiger partial charge in [0.2, 0.25) is 0 Å². The molecule has 2 heterocycles. The summed E-state index contributed by atoms with van der Waals surface area (Å²) in [5.74, 6) is 1.96. The maximum Gasteiger partial charge on any atom is 0.164 e. The summed E-state index contributed by atoms with van der Waals surface area (Å²) < 4.78 is 6.59. The second-order valence-corrected chi connectivity index (χ2v) is 16.2. The summed E-state index contributed by atoms with van der Waals surface area (Å²) in [5, 5.41) is 9.54. The first-order valence-electron chi connectivity index (χ1n) is 21.1. The first kappa shape index (κ1) is 34.6. The molecule has 4 nitrogen and oxygen atoms in total. The van der Waals surface area contributed by atoms with Crippen LogP contribution in [0.4, 0.5) is 0 Å². The normalized spacial score (nSPS) is 13.3. The van der Waals surface area contributed by atoms with E-state index < -0.39 is 0 Å². The molecular weight excluding hydrogens is 755 g/mol. The Labute approximate surface area is 357 Å². The fraction of sp³-hybridized carbons (Fsp3) is 0.0172. The smallest absolute Gasteiger partial charge is 0.164 e. The Kier molecular flexibility index (Phi) is 7.63. The summed E-state index contributed by atoms with van der Waals surface area (Å²) in [5.41, 5.74) is 12.8. The summed E-state index contributed by atoms with van der Waals surface area (Å²) in [6.45, 7) is 0. The van der Waals surface area contributed by atoms with E-state index in [2.05, 4.69) is 176 Å². The van der Waals surface area contributed by atoms with Gasteiger partial charge in [-0.3, -0.25) is 0 Å². The van der Waals surface area contributed by atoms with Crippen molar-refractivity contribution in [3.63, 3.8) is 0 Å². The second-order valence-electron chi connectivity index (χ2n) is 16.2. The summed E-state index contributed by atoms with van der Waals surface area (Å²) >= 11 is 0. The van der Waals surface area contributed by atoms with Gasteiger partial charge in [-0.25, -0.2) is 15.0 Å². The van der Waals surface area contributed by atoms with Crippen LogP contribution in [0.25, 0.3) is 111 Å². The van der Waals surface area contributed by atoms with Crippen molar-refractivity contribution >= 4 is 54.3 Å². The highest BCUT2D eigenvalue weighted by Crippen LogP contribution is 2.51. The van der Waals surface area contributed by atoms with Gasteiger partial charge in [0.25, 0.3) is 0 Å². The van der Waals surface area contributed by atoms with Crippen LogP contribution >= 0.6 is 0 Å². The first-order valence-corrected chi connectivity index (χ1v) is 21.1. The lowest BCUT2D eigenvalue weighted by atomic mass is 9.89. The van der Waals surface area contributed by atoms with Crippen LogP contribution in [0.5, 0.6) is 0 Å². The molecule has 4 heteroatoms. The van der Waals surface area contributed by atoms with Gasteiger partial charge in [0.1, 0.15) is 11.2 Å². The van der Waals surface area contributed by atoms with Crippen LogP contribution in [0.3, 0.4) is 0 Å². The average molecular weight is 790 g/mol. The van der Waals surface area contributed by atoms with Crippen LogP contribution in [-0.2, 0) is 0 Å². The van der Waals surface area contributed by atoms with Crippen molar-refractivity contribution in [3.8, 4) is 56.4 Å². The molecule has 0 radical (unpaired) electrons. The van der Waals surface area contributed by atoms with Crippen LogP contribution in [0.15, 0.2) is 211 Å². The van der Waals surface area contributed by atoms with Crippen molar-refractivity contribution in [1.82, 2.24) is 15.0 Å². The molecule has 0 saturated heterocycles. The standard InChI is InChI=1S/C58H35N3O/c1-3-15-35(16-4-1)53-44-23-11-12-24-45(44)54-46(53)25-13-26-47(54)57-59-56(36-17-5-2-6-18-36)60-58(61-57)48-27-14-28-52-55(48)50-34-38(30-32-51(50)62-52)37-29-31-43-41-21-8-7-19-39(41)40-20-9-10-22-42(40)49(43)33-37/h1-34,53H. The zero-order valence-electron chi connectivity index (χ0n) is 33.5. The molecule has 2 aromatic heterocycles. The second kappa shape index (κ2) is 13.7. The number of aromatic nitrogens is 3. The van der Waals surface area contributed by atoms with E-state index in [4.69, 9.17) is 19.4 Å². The quantitative estimate of drug-likeness (QED) is 0.163. The van der Waals surface area contributed by atoms with E-state index in [1.807, 2.05) is 30.3 Å². The Hall–Kier alpha value is -8.21. The summed E-state index contributed by atoms with van der Waals surface area (Å²) in [4.78, 5) is 15.9. The van der Waals surface area contributed by atoms with Gasteiger partial charge in [-0.1, -0.05) is 182 Å². The maximum absolute atomic E-state index is 6.59. The van der Waals surface area contributed by atoms with E-state index in [0.29, 0.717) is 17.5 Å². The van der Waals surface area contributed by atoms with Crippen molar-refractivity contribution in [2.75, 3.05) is 0 Å². The predicted octanol–water partition coefficient (Wildman–Crippen LogP) is 15.1. The van der Waals surface area contributed by atoms with E-state index in [-0.39, 0.29) is 5.92 Å². The maximum atomic E-state index is 6.59. The van der Waals surface area contributed by atoms with Crippen LogP contribution < -0.4 is 0 Å². The predicted molar refractivity (Wildman–Crippen MR) is 254 cm³/mol. The van der Waals surface area contributed by atoms with Crippen LogP contribution in [-0.4, -0.2) is 15.0 Å². The molecule has 10 aromatic carbocycles. The number of hydrogen-bond donors (Lipinski definition) is 0. The number of hydrogen-bond acceptors (Lipinski definition) is 4. The fourth-order valence-corrected chi connectivity index (χ4v) is 10.1. The molecule has 13 rings (SSSR count). The third kappa shape index (κ3) is 5.30. The van der Waals surface area contributed by atoms with Gasteiger partial charge < -0.3 is 4.42 Å². The van der Waals surface area contributed by atoms with Gasteiger partial charge in [-0.2, -0.15) is 0 Å². The minimum atomic E-state index is 0.109. The molecule has 0 fully saturated rings. The summed E-state index contributed by atoms with van der Waals surface area (Å²) in [7, 11) is 0. The lowest BCUT2D eigenvalue weighted by molar-refractivity contribution is 0.669. The van der Waals surface area contributed by atoms with E-state index >= 15 is 0 Å². The Morgan fingerprint density at radius 3 is 1.61 bits per heavy atom. The van der Waals surface area contributed by atoms with Crippen LogP contribution in [0, 0.1) is 0 Å². The molecule has 1 aliphatic carbocycles. The SMILES string of the molecule is c1ccc(-c2nc(-c3cccc4c3-c3ccccc3C4c3ccccc3)nc(-c3cccc4oc5ccc(-c6ccc7c8ccccc8c8ccccc8c7c6)cc5c34)n2)cc1. The van der Waals surface area contributed by atoms with Gasteiger partial charge in [0, 0.05) is 33.4 Å². The molecule has 0 saturated carbocycles. The Morgan fingerprint density at radius 1 is 0.323 bits per heavy atom. The number of fused-ring (bicyclic) bond motifs is 12. The van der Waals surface area contributed by atoms with Gasteiger partial charge in [0.05, 0.1) is 0 Å². The number of furan rings is 1. The Morgan fingerprint density at radius 2 is 0.855 bits per heavy atom. The highest BCUT2D eigenvalue weighted by molar-refractivity contribution is 6.26. The zero-order chi connectivity index (χ0) is 40.7. The molecular formula is C58H35N3O. The molecule has 0 bridgehead atoms. The minimum absolute atomic E-state index is 0.109. The lowest BCUT2D eigenvalue weighted by Crippen LogP contribution is -2.02. The van der Waals surface area contributed by atoms with Gasteiger partial charge in [-0.05, 0) is 95.5 Å². The van der Waals surface area contributed by atoms with Gasteiger partial charge in [-0.15, -0.1) is 0 Å². The third-order valence-corrected chi connectivity index (χ3v) is 12.8. The van der Waals surface area contributed by atoms with Crippen LogP contribution in [0.2, 0.25) is 0 Å². The summed E-state index contributed by atoms with van der Waals surface area (Å²) in [6, 6.07) is 73.3. The molecule has 62 heavy (non-hydrogen) atoms. The Balaban J connectivity index is 1.01. The molecule has 0 N–H and O–H groups in total. The van der Waals surface area contributed by atoms with Gasteiger partial charge in [0.15, 0.2) is 17.5 Å². The number of nitrogens with zero attached hydrogens (tertiary/aromatic N) is 3. The zero-order valence-corrected chi connectivity index (χ0v) is 33.5. The van der Waals surface area contributed by atoms with Crippen molar-refractivity contribution in [1.29, 1.82) is 0 Å². The fourth-order valence-electron chi connectivity index (χ4n) is 10.1. The van der Waals surface area contributed by atoms with Crippen molar-refractivity contribution in [2.24, 2.45) is 0 Å². The Bertz CT molecular complexity index is 3720. The largest absolute Gasteiger partial charge is 0.456 e. The molecule has 288 valence electrons. The topological polar surface area (TPSA) is 51.8 Å². The molecule has 12 aromatic rings. The highest BCUT2D eigenvalue weighted by Gasteiger charge is 2.32. The van der Waals surface area contributed by atoms with E-state index in [1.54, 1.807) is 0 Å². The average Bonchev–Trinajstić information content (AvgIpc) is 3.90. The van der Waals surface area contributed by atoms with E-state index in [9.17, 15) is 0 Å². The highest BCUT2D eigenvalue weighted by atomic mass is 16.3. The summed E-state index contributed by atoms with van der Waals surface area (Å²) in [6.07, 6.45) is 0. The molecule has 1 unspecified atom stereocenters. The first-order chi connectivity index (χ1) is 30.7. The third-order valence-electron chi connectivity index (χ3n) is 12.8. The van der Waals surface area contributed by atoms with Crippen LogP contribution in [0.1, 0.15) is 22.6 Å². The monoisotopic (exact) mass is 789 g/mol. The van der Waals surface area contributed by atoms with Crippen molar-refractivity contribution in [2.45, 2.75) is 5.92 Å². The van der Waals surface area contributed by atoms with Gasteiger partial charge >= 0.3 is 0 Å². The molecule has 0 spiro atoms. The van der Waals surface area contributed by atoms with E-state index in [0.717, 1.165) is 49.8 Å². The number of rotatable bonds is 5. The van der Waals surface area contributed by atoms with E-state index in [1.165, 1.54) is 60.1 Å². The molecule has 0 amide bonds. The molecule has 1 atom stereocenters. The van der Waals surface area contributed by atoms with Crippen molar-refractivity contribution in [3.05, 3.63) is 223 Å². The molecule has 0 aliphatic heterocycles. The van der Waals surface area contributed by atoms with Crippen molar-refractivity contribution < 1.29 is 4.42 Å². The molecule has 1 aliphatic rings. The minimum Gasteiger partial charge on any atom is -0.456 e. The lowest BCUT2D eigenvalue weighted by Gasteiger charge is -2.15. The number of benzene rings is 10.